The zero-order valence-electron chi connectivity index (χ0n) is 15.7. The van der Waals surface area contributed by atoms with Gasteiger partial charge in [0.2, 0.25) is 6.41 Å². The topological polar surface area (TPSA) is 53.4 Å². The molecule has 1 amide bonds. The summed E-state index contributed by atoms with van der Waals surface area (Å²) in [5.41, 5.74) is 2.96. The fraction of sp³-hybridized carbons (Fsp3) is 0.579. The molecule has 3 rings (SSSR count). The van der Waals surface area contributed by atoms with Crippen LogP contribution < -0.4 is 10.2 Å². The average Bonchev–Trinajstić information content (AvgIpc) is 2.94. The highest BCUT2D eigenvalue weighted by molar-refractivity contribution is 5.97. The van der Waals surface area contributed by atoms with Crippen molar-refractivity contribution in [3.63, 3.8) is 0 Å². The summed E-state index contributed by atoms with van der Waals surface area (Å²) in [5.74, 6) is 0. The molecule has 1 atom stereocenters. The summed E-state index contributed by atoms with van der Waals surface area (Å²) in [6.45, 7) is 7.86. The lowest BCUT2D eigenvalue weighted by atomic mass is 9.92. The number of carbonyl (C=O) groups excluding carboxylic acids is 1. The van der Waals surface area contributed by atoms with Gasteiger partial charge in [0.25, 0.3) is 0 Å². The minimum Gasteiger partial charge on any atom is -0.314 e. The Morgan fingerprint density at radius 3 is 2.80 bits per heavy atom. The van der Waals surface area contributed by atoms with Crippen LogP contribution >= 0.6 is 0 Å². The van der Waals surface area contributed by atoms with E-state index < -0.39 is 0 Å². The predicted molar refractivity (Wildman–Crippen MR) is 102 cm³/mol. The highest BCUT2D eigenvalue weighted by Gasteiger charge is 2.32. The molecular weight excluding hydrogens is 314 g/mol. The Labute approximate surface area is 149 Å². The first kappa shape index (κ1) is 17.9. The number of fused-ring (bicyclic) bond motifs is 1. The number of hydrogen-bond acceptors (Lipinski definition) is 4. The largest absolute Gasteiger partial charge is 0.314 e. The molecule has 6 heteroatoms. The Kier molecular flexibility index (Phi) is 5.11. The molecule has 1 unspecified atom stereocenters. The van der Waals surface area contributed by atoms with Crippen LogP contribution in [0.2, 0.25) is 0 Å². The van der Waals surface area contributed by atoms with Crippen molar-refractivity contribution in [1.29, 1.82) is 0 Å². The van der Waals surface area contributed by atoms with Crippen molar-refractivity contribution >= 4 is 23.0 Å². The summed E-state index contributed by atoms with van der Waals surface area (Å²) in [4.78, 5) is 15.5. The fourth-order valence-corrected chi connectivity index (χ4v) is 3.73. The minimum atomic E-state index is -0.0196. The van der Waals surface area contributed by atoms with Gasteiger partial charge < -0.3 is 15.1 Å². The first-order valence-electron chi connectivity index (χ1n) is 9.02. The first-order chi connectivity index (χ1) is 12.0. The van der Waals surface area contributed by atoms with E-state index in [1.54, 1.807) is 4.90 Å². The lowest BCUT2D eigenvalue weighted by molar-refractivity contribution is -0.107. The molecule has 1 aliphatic rings. The van der Waals surface area contributed by atoms with E-state index in [0.29, 0.717) is 6.54 Å². The molecule has 136 valence electrons. The van der Waals surface area contributed by atoms with Crippen LogP contribution in [0.15, 0.2) is 18.2 Å². The summed E-state index contributed by atoms with van der Waals surface area (Å²) in [6.07, 6.45) is 3.18. The lowest BCUT2D eigenvalue weighted by Gasteiger charge is -2.35. The van der Waals surface area contributed by atoms with Crippen molar-refractivity contribution in [2.24, 2.45) is 0 Å². The monoisotopic (exact) mass is 343 g/mol. The second-order valence-corrected chi connectivity index (χ2v) is 7.55. The Morgan fingerprint density at radius 1 is 1.36 bits per heavy atom. The number of piperidine rings is 1. The second kappa shape index (κ2) is 7.14. The molecule has 0 bridgehead atoms. The minimum absolute atomic E-state index is 0.0196. The number of hydrogen-bond donors (Lipinski definition) is 1. The zero-order chi connectivity index (χ0) is 18.0. The highest BCUT2D eigenvalue weighted by Crippen LogP contribution is 2.33. The molecule has 0 saturated carbocycles. The smallest absolute Gasteiger partial charge is 0.214 e. The van der Waals surface area contributed by atoms with Crippen LogP contribution in [-0.2, 0) is 10.3 Å². The van der Waals surface area contributed by atoms with Gasteiger partial charge in [-0.05, 0) is 53.4 Å². The normalized spacial score (nSPS) is 21.0. The number of carbonyl (C=O) groups is 1. The van der Waals surface area contributed by atoms with E-state index in [1.165, 1.54) is 5.69 Å². The van der Waals surface area contributed by atoms with Crippen LogP contribution in [0.25, 0.3) is 10.9 Å². The van der Waals surface area contributed by atoms with Gasteiger partial charge in [0.1, 0.15) is 5.52 Å². The fourth-order valence-electron chi connectivity index (χ4n) is 3.73. The van der Waals surface area contributed by atoms with E-state index in [-0.39, 0.29) is 5.54 Å². The van der Waals surface area contributed by atoms with E-state index in [9.17, 15) is 4.79 Å². The zero-order valence-corrected chi connectivity index (χ0v) is 15.7. The summed E-state index contributed by atoms with van der Waals surface area (Å²) >= 11 is 0. The van der Waals surface area contributed by atoms with Gasteiger partial charge in [0.15, 0.2) is 0 Å². The average molecular weight is 343 g/mol. The van der Waals surface area contributed by atoms with Gasteiger partial charge in [-0.2, -0.15) is 5.10 Å². The van der Waals surface area contributed by atoms with E-state index in [4.69, 9.17) is 5.10 Å². The van der Waals surface area contributed by atoms with Crippen molar-refractivity contribution in [3.05, 3.63) is 23.9 Å². The maximum absolute atomic E-state index is 11.7. The third-order valence-electron chi connectivity index (χ3n) is 5.23. The van der Waals surface area contributed by atoms with Gasteiger partial charge in [-0.15, -0.1) is 0 Å². The standard InChI is InChI=1S/C19H29N5O/c1-15-16-7-5-8-17(23(14-25)12-11-22(3)4)18(16)21-24(15)19(2)9-6-10-20-13-19/h5,7-8,14,20H,6,9-13H2,1-4H3. The Morgan fingerprint density at radius 2 is 2.16 bits per heavy atom. The summed E-state index contributed by atoms with van der Waals surface area (Å²) in [7, 11) is 4.03. The number of aromatic nitrogens is 2. The van der Waals surface area contributed by atoms with E-state index in [2.05, 4.69) is 34.8 Å². The molecule has 6 nitrogen and oxygen atoms in total. The van der Waals surface area contributed by atoms with Crippen molar-refractivity contribution in [2.45, 2.75) is 32.2 Å². The Bertz CT molecular complexity index is 746. The molecule has 0 aliphatic carbocycles. The van der Waals surface area contributed by atoms with Crippen molar-refractivity contribution in [1.82, 2.24) is 20.0 Å². The number of amides is 1. The molecule has 1 aromatic carbocycles. The maximum Gasteiger partial charge on any atom is 0.214 e. The summed E-state index contributed by atoms with van der Waals surface area (Å²) < 4.78 is 2.17. The molecule has 0 spiro atoms. The number of benzene rings is 1. The van der Waals surface area contributed by atoms with E-state index in [1.807, 2.05) is 26.2 Å². The van der Waals surface area contributed by atoms with Crippen LogP contribution in [0.5, 0.6) is 0 Å². The van der Waals surface area contributed by atoms with Crippen LogP contribution in [0, 0.1) is 6.92 Å². The van der Waals surface area contributed by atoms with Crippen molar-refractivity contribution in [3.8, 4) is 0 Å². The van der Waals surface area contributed by atoms with Gasteiger partial charge in [0.05, 0.1) is 11.2 Å². The number of nitrogens with one attached hydrogen (secondary N) is 1. The van der Waals surface area contributed by atoms with E-state index >= 15 is 0 Å². The van der Waals surface area contributed by atoms with Gasteiger partial charge in [-0.1, -0.05) is 12.1 Å². The number of aryl methyl sites for hydroxylation is 1. The van der Waals surface area contributed by atoms with Crippen molar-refractivity contribution in [2.75, 3.05) is 45.2 Å². The van der Waals surface area contributed by atoms with Crippen LogP contribution in [-0.4, -0.2) is 61.4 Å². The van der Waals surface area contributed by atoms with Crippen LogP contribution in [0.4, 0.5) is 5.69 Å². The molecule has 1 aliphatic heterocycles. The molecule has 1 saturated heterocycles. The third kappa shape index (κ3) is 3.41. The highest BCUT2D eigenvalue weighted by atomic mass is 16.1. The van der Waals surface area contributed by atoms with Gasteiger partial charge >= 0.3 is 0 Å². The molecule has 1 aromatic heterocycles. The van der Waals surface area contributed by atoms with Crippen LogP contribution in [0.1, 0.15) is 25.5 Å². The molecule has 1 fully saturated rings. The molecular formula is C19H29N5O. The van der Waals surface area contributed by atoms with Gasteiger partial charge in [0, 0.05) is 30.7 Å². The Hall–Kier alpha value is -1.92. The quantitative estimate of drug-likeness (QED) is 0.815. The third-order valence-corrected chi connectivity index (χ3v) is 5.23. The maximum atomic E-state index is 11.7. The predicted octanol–water partition coefficient (Wildman–Crippen LogP) is 1.97. The number of rotatable bonds is 6. The SMILES string of the molecule is Cc1c2cccc(N(C=O)CCN(C)C)c2nn1C1(C)CCCNC1. The molecule has 0 radical (unpaired) electrons. The number of anilines is 1. The van der Waals surface area contributed by atoms with Crippen LogP contribution in [0.3, 0.4) is 0 Å². The van der Waals surface area contributed by atoms with Crippen molar-refractivity contribution < 1.29 is 4.79 Å². The molecule has 2 aromatic rings. The van der Waals surface area contributed by atoms with E-state index in [0.717, 1.165) is 55.5 Å². The first-order valence-corrected chi connectivity index (χ1v) is 9.02. The molecule has 1 N–H and O–H groups in total. The van der Waals surface area contributed by atoms with Gasteiger partial charge in [-0.25, -0.2) is 0 Å². The number of likely N-dealkylation sites (N-methyl/N-ethyl adjacent to an activating group) is 1. The second-order valence-electron chi connectivity index (χ2n) is 7.55. The number of nitrogens with zero attached hydrogens (tertiary/aromatic N) is 4. The lowest BCUT2D eigenvalue weighted by Crippen LogP contribution is -2.46. The summed E-state index contributed by atoms with van der Waals surface area (Å²) in [6, 6.07) is 6.11. The van der Waals surface area contributed by atoms with Gasteiger partial charge in [-0.3, -0.25) is 9.48 Å². The summed E-state index contributed by atoms with van der Waals surface area (Å²) in [5, 5.41) is 9.59. The molecule has 2 heterocycles. The molecule has 25 heavy (non-hydrogen) atoms. The Balaban J connectivity index is 2.04.